The van der Waals surface area contributed by atoms with E-state index >= 15 is 0 Å². The van der Waals surface area contributed by atoms with Gasteiger partial charge in [0.25, 0.3) is 0 Å². The fourth-order valence-corrected chi connectivity index (χ4v) is 2.89. The first kappa shape index (κ1) is 17.5. The first-order valence-corrected chi connectivity index (χ1v) is 7.93. The highest BCUT2D eigenvalue weighted by atomic mass is 16.5. The zero-order valence-electron chi connectivity index (χ0n) is 14.9. The molecule has 6 nitrogen and oxygen atoms in total. The average Bonchev–Trinajstić information content (AvgIpc) is 2.60. The standard InChI is InChI=1S/C20H18O6/c1-11-15-7-5-14(25-12(2)21)10-18(15)26-20(22)19(11)16-9-13(23-3)6-8-17(16)24-4/h5-10H,1-4H3. The van der Waals surface area contributed by atoms with Crippen LogP contribution in [0.1, 0.15) is 12.5 Å². The number of methoxy groups -OCH3 is 2. The van der Waals surface area contributed by atoms with Crippen LogP contribution in [-0.2, 0) is 4.79 Å². The summed E-state index contributed by atoms with van der Waals surface area (Å²) < 4.78 is 21.2. The second-order valence-electron chi connectivity index (χ2n) is 5.71. The molecule has 0 aliphatic rings. The maximum atomic E-state index is 12.7. The quantitative estimate of drug-likeness (QED) is 0.404. The van der Waals surface area contributed by atoms with Gasteiger partial charge in [0.2, 0.25) is 0 Å². The van der Waals surface area contributed by atoms with E-state index in [0.717, 1.165) is 10.9 Å². The van der Waals surface area contributed by atoms with E-state index in [4.69, 9.17) is 18.6 Å². The van der Waals surface area contributed by atoms with Gasteiger partial charge in [-0.3, -0.25) is 4.79 Å². The van der Waals surface area contributed by atoms with Crippen LogP contribution >= 0.6 is 0 Å². The minimum Gasteiger partial charge on any atom is -0.497 e. The Bertz CT molecular complexity index is 1050. The molecule has 0 N–H and O–H groups in total. The zero-order valence-corrected chi connectivity index (χ0v) is 14.9. The SMILES string of the molecule is COc1ccc(OC)c(-c2c(C)c3ccc(OC(C)=O)cc3oc2=O)c1. The molecule has 0 aliphatic heterocycles. The van der Waals surface area contributed by atoms with Gasteiger partial charge in [0, 0.05) is 23.9 Å². The molecule has 0 saturated heterocycles. The highest BCUT2D eigenvalue weighted by Crippen LogP contribution is 2.36. The number of carbonyl (C=O) groups is 1. The fraction of sp³-hybridized carbons (Fsp3) is 0.200. The summed E-state index contributed by atoms with van der Waals surface area (Å²) in [6.07, 6.45) is 0. The molecule has 6 heteroatoms. The van der Waals surface area contributed by atoms with E-state index in [2.05, 4.69) is 0 Å². The highest BCUT2D eigenvalue weighted by molar-refractivity contribution is 5.89. The van der Waals surface area contributed by atoms with Crippen LogP contribution in [0.3, 0.4) is 0 Å². The molecule has 3 aromatic rings. The molecule has 0 amide bonds. The van der Waals surface area contributed by atoms with E-state index in [-0.39, 0.29) is 0 Å². The molecular weight excluding hydrogens is 336 g/mol. The van der Waals surface area contributed by atoms with Gasteiger partial charge in [-0.1, -0.05) is 0 Å². The maximum Gasteiger partial charge on any atom is 0.344 e. The van der Waals surface area contributed by atoms with Gasteiger partial charge < -0.3 is 18.6 Å². The first-order chi connectivity index (χ1) is 12.4. The van der Waals surface area contributed by atoms with E-state index < -0.39 is 11.6 Å². The molecule has 0 atom stereocenters. The number of fused-ring (bicyclic) bond motifs is 1. The Kier molecular flexibility index (Phi) is 4.67. The van der Waals surface area contributed by atoms with Gasteiger partial charge in [0.1, 0.15) is 22.8 Å². The molecule has 0 spiro atoms. The monoisotopic (exact) mass is 354 g/mol. The molecule has 0 radical (unpaired) electrons. The van der Waals surface area contributed by atoms with Gasteiger partial charge in [-0.2, -0.15) is 0 Å². The number of hydrogen-bond acceptors (Lipinski definition) is 6. The molecule has 1 aromatic heterocycles. The van der Waals surface area contributed by atoms with Crippen LogP contribution in [0, 0.1) is 6.92 Å². The summed E-state index contributed by atoms with van der Waals surface area (Å²) in [6, 6.07) is 10.2. The minimum atomic E-state index is -0.512. The molecule has 0 saturated carbocycles. The first-order valence-electron chi connectivity index (χ1n) is 7.93. The summed E-state index contributed by atoms with van der Waals surface area (Å²) in [5.74, 6) is 1.02. The summed E-state index contributed by atoms with van der Waals surface area (Å²) in [4.78, 5) is 23.8. The molecule has 26 heavy (non-hydrogen) atoms. The molecule has 0 fully saturated rings. The van der Waals surface area contributed by atoms with Crippen LogP contribution in [0.25, 0.3) is 22.1 Å². The zero-order chi connectivity index (χ0) is 18.8. The number of carbonyl (C=O) groups excluding carboxylic acids is 1. The Morgan fingerprint density at radius 3 is 2.38 bits per heavy atom. The lowest BCUT2D eigenvalue weighted by Crippen LogP contribution is -2.08. The van der Waals surface area contributed by atoms with E-state index in [9.17, 15) is 9.59 Å². The van der Waals surface area contributed by atoms with Gasteiger partial charge in [-0.25, -0.2) is 4.79 Å². The summed E-state index contributed by atoms with van der Waals surface area (Å²) in [7, 11) is 3.09. The third kappa shape index (κ3) is 3.13. The molecule has 134 valence electrons. The van der Waals surface area contributed by atoms with Crippen LogP contribution in [0.15, 0.2) is 45.6 Å². The van der Waals surface area contributed by atoms with Gasteiger partial charge >= 0.3 is 11.6 Å². The third-order valence-corrected chi connectivity index (χ3v) is 4.08. The van der Waals surface area contributed by atoms with Crippen molar-refractivity contribution in [1.82, 2.24) is 0 Å². The lowest BCUT2D eigenvalue weighted by Gasteiger charge is -2.13. The smallest absolute Gasteiger partial charge is 0.344 e. The topological polar surface area (TPSA) is 75.0 Å². The summed E-state index contributed by atoms with van der Waals surface area (Å²) in [6.45, 7) is 3.14. The van der Waals surface area contributed by atoms with Crippen molar-refractivity contribution in [2.45, 2.75) is 13.8 Å². The predicted molar refractivity (Wildman–Crippen MR) is 97.1 cm³/mol. The van der Waals surface area contributed by atoms with Crippen LogP contribution in [0.4, 0.5) is 0 Å². The predicted octanol–water partition coefficient (Wildman–Crippen LogP) is 3.71. The molecule has 3 rings (SSSR count). The molecule has 0 unspecified atom stereocenters. The minimum absolute atomic E-state index is 0.319. The van der Waals surface area contributed by atoms with Crippen molar-refractivity contribution in [3.63, 3.8) is 0 Å². The Morgan fingerprint density at radius 1 is 1.00 bits per heavy atom. The second kappa shape index (κ2) is 6.92. The number of benzene rings is 2. The highest BCUT2D eigenvalue weighted by Gasteiger charge is 2.18. The van der Waals surface area contributed by atoms with E-state index in [1.807, 2.05) is 6.92 Å². The lowest BCUT2D eigenvalue weighted by molar-refractivity contribution is -0.131. The van der Waals surface area contributed by atoms with Crippen molar-refractivity contribution in [1.29, 1.82) is 0 Å². The Morgan fingerprint density at radius 2 is 1.73 bits per heavy atom. The van der Waals surface area contributed by atoms with Crippen molar-refractivity contribution in [2.75, 3.05) is 14.2 Å². The summed E-state index contributed by atoms with van der Waals surface area (Å²) in [5.41, 5.74) is 1.55. The lowest BCUT2D eigenvalue weighted by atomic mass is 9.98. The Labute approximate surface area is 149 Å². The van der Waals surface area contributed by atoms with Crippen LogP contribution in [0.2, 0.25) is 0 Å². The van der Waals surface area contributed by atoms with Crippen molar-refractivity contribution < 1.29 is 23.4 Å². The molecule has 0 aliphatic carbocycles. The van der Waals surface area contributed by atoms with Crippen molar-refractivity contribution in [3.8, 4) is 28.4 Å². The fourth-order valence-electron chi connectivity index (χ4n) is 2.89. The van der Waals surface area contributed by atoms with Gasteiger partial charge in [0.15, 0.2) is 0 Å². The van der Waals surface area contributed by atoms with Gasteiger partial charge in [0.05, 0.1) is 19.8 Å². The largest absolute Gasteiger partial charge is 0.497 e. The number of rotatable bonds is 4. The number of aryl methyl sites for hydroxylation is 1. The van der Waals surface area contributed by atoms with Gasteiger partial charge in [-0.05, 0) is 42.8 Å². The van der Waals surface area contributed by atoms with Crippen LogP contribution in [0.5, 0.6) is 17.2 Å². The van der Waals surface area contributed by atoms with Crippen molar-refractivity contribution in [2.24, 2.45) is 0 Å². The molecule has 2 aromatic carbocycles. The molecular formula is C20H18O6. The number of ether oxygens (including phenoxy) is 3. The molecule has 0 bridgehead atoms. The van der Waals surface area contributed by atoms with E-state index in [1.165, 1.54) is 20.1 Å². The molecule has 1 heterocycles. The Balaban J connectivity index is 2.25. The van der Waals surface area contributed by atoms with Gasteiger partial charge in [-0.15, -0.1) is 0 Å². The summed E-state index contributed by atoms with van der Waals surface area (Å²) in [5, 5.41) is 0.736. The maximum absolute atomic E-state index is 12.7. The Hall–Kier alpha value is -3.28. The van der Waals surface area contributed by atoms with Crippen LogP contribution < -0.4 is 19.8 Å². The average molecular weight is 354 g/mol. The van der Waals surface area contributed by atoms with E-state index in [0.29, 0.717) is 34.0 Å². The second-order valence-corrected chi connectivity index (χ2v) is 5.71. The summed E-state index contributed by atoms with van der Waals surface area (Å²) >= 11 is 0. The van der Waals surface area contributed by atoms with Crippen LogP contribution in [-0.4, -0.2) is 20.2 Å². The third-order valence-electron chi connectivity index (χ3n) is 4.08. The number of esters is 1. The normalized spacial score (nSPS) is 10.6. The van der Waals surface area contributed by atoms with Crippen molar-refractivity contribution >= 4 is 16.9 Å². The van der Waals surface area contributed by atoms with E-state index in [1.54, 1.807) is 37.4 Å². The number of hydrogen-bond donors (Lipinski definition) is 0. The van der Waals surface area contributed by atoms with Crippen molar-refractivity contribution in [3.05, 3.63) is 52.4 Å².